The number of likely N-dealkylation sites (tertiary alicyclic amines) is 1. The van der Waals surface area contributed by atoms with Gasteiger partial charge in [0.1, 0.15) is 22.8 Å². The molecule has 0 aliphatic carbocycles. The molecule has 242 valence electrons. The summed E-state index contributed by atoms with van der Waals surface area (Å²) >= 11 is 1.46. The Morgan fingerprint density at radius 2 is 1.60 bits per heavy atom. The number of methoxy groups -OCH3 is 3. The van der Waals surface area contributed by atoms with E-state index in [1.165, 1.54) is 11.3 Å². The van der Waals surface area contributed by atoms with E-state index in [0.717, 1.165) is 23.3 Å². The highest BCUT2D eigenvalue weighted by atomic mass is 32.1. The number of amides is 2. The normalized spacial score (nSPS) is 13.6. The molecule has 1 aromatic heterocycles. The molecular formula is C34H43N3O7S. The predicted molar refractivity (Wildman–Crippen MR) is 175 cm³/mol. The highest BCUT2D eigenvalue weighted by molar-refractivity contribution is 7.11. The van der Waals surface area contributed by atoms with Crippen LogP contribution in [0, 0.1) is 5.92 Å². The molecule has 1 aliphatic heterocycles. The molecule has 45 heavy (non-hydrogen) atoms. The first-order chi connectivity index (χ1) is 21.5. The van der Waals surface area contributed by atoms with E-state index in [2.05, 4.69) is 10.6 Å². The molecule has 1 fully saturated rings. The second-order valence-corrected chi connectivity index (χ2v) is 12.9. The number of rotatable bonds is 12. The average Bonchev–Trinajstić information content (AvgIpc) is 3.44. The Labute approximate surface area is 269 Å². The fourth-order valence-corrected chi connectivity index (χ4v) is 6.12. The minimum absolute atomic E-state index is 0.00310. The third-order valence-electron chi connectivity index (χ3n) is 7.59. The highest BCUT2D eigenvalue weighted by Crippen LogP contribution is 2.35. The van der Waals surface area contributed by atoms with Gasteiger partial charge in [-0.1, -0.05) is 6.07 Å². The number of piperidine rings is 1. The molecule has 0 unspecified atom stereocenters. The van der Waals surface area contributed by atoms with E-state index in [1.807, 2.05) is 44.4 Å². The second kappa shape index (κ2) is 15.2. The number of carbonyl (C=O) groups excluding carboxylic acids is 3. The van der Waals surface area contributed by atoms with Crippen molar-refractivity contribution in [1.82, 2.24) is 10.2 Å². The standard InChI is InChI=1S/C34H43N3O7S/c1-34(2,3)44-33(40)37-15-13-22(14-16-37)19-35-30(38)20-36-31-27(32(39)23-7-10-25(41-4)11-8-23)21-45-29(31)17-24-9-12-26(42-5)18-28(24)43-6/h7-12,18,21-22,36H,13-17,19-20H2,1-6H3,(H,35,38). The number of hydrogen-bond acceptors (Lipinski definition) is 9. The fourth-order valence-electron chi connectivity index (χ4n) is 5.09. The number of thiophene rings is 1. The summed E-state index contributed by atoms with van der Waals surface area (Å²) in [6.45, 7) is 7.27. The van der Waals surface area contributed by atoms with Gasteiger partial charge in [0.25, 0.3) is 0 Å². The van der Waals surface area contributed by atoms with E-state index in [4.69, 9.17) is 18.9 Å². The largest absolute Gasteiger partial charge is 0.497 e. The number of benzene rings is 2. The Bertz CT molecular complexity index is 1470. The lowest BCUT2D eigenvalue weighted by Crippen LogP contribution is -2.44. The number of carbonyl (C=O) groups is 3. The molecule has 2 N–H and O–H groups in total. The summed E-state index contributed by atoms with van der Waals surface area (Å²) in [4.78, 5) is 41.6. The van der Waals surface area contributed by atoms with E-state index in [9.17, 15) is 14.4 Å². The Morgan fingerprint density at radius 1 is 0.933 bits per heavy atom. The van der Waals surface area contributed by atoms with Crippen LogP contribution in [-0.4, -0.2) is 75.8 Å². The van der Waals surface area contributed by atoms with Crippen molar-refractivity contribution in [3.63, 3.8) is 0 Å². The zero-order valence-corrected chi connectivity index (χ0v) is 27.7. The minimum Gasteiger partial charge on any atom is -0.497 e. The molecule has 1 aliphatic rings. The molecule has 4 rings (SSSR count). The van der Waals surface area contributed by atoms with E-state index in [0.29, 0.717) is 60.1 Å². The Kier molecular flexibility index (Phi) is 11.3. The van der Waals surface area contributed by atoms with Crippen LogP contribution in [0.5, 0.6) is 17.2 Å². The smallest absolute Gasteiger partial charge is 0.410 e. The molecule has 0 atom stereocenters. The summed E-state index contributed by atoms with van der Waals surface area (Å²) in [7, 11) is 4.79. The molecule has 3 aromatic rings. The first kappa shape index (κ1) is 33.6. The molecule has 2 heterocycles. The minimum atomic E-state index is -0.531. The lowest BCUT2D eigenvalue weighted by Gasteiger charge is -2.33. The van der Waals surface area contributed by atoms with Crippen LogP contribution < -0.4 is 24.8 Å². The quantitative estimate of drug-likeness (QED) is 0.241. The molecule has 10 nitrogen and oxygen atoms in total. The molecule has 0 spiro atoms. The number of ether oxygens (including phenoxy) is 4. The van der Waals surface area contributed by atoms with Gasteiger partial charge in [-0.15, -0.1) is 11.3 Å². The van der Waals surface area contributed by atoms with E-state index >= 15 is 0 Å². The number of anilines is 1. The fraction of sp³-hybridized carbons (Fsp3) is 0.441. The van der Waals surface area contributed by atoms with Crippen LogP contribution in [0.25, 0.3) is 0 Å². The number of hydrogen-bond donors (Lipinski definition) is 2. The van der Waals surface area contributed by atoms with Crippen LogP contribution in [-0.2, 0) is 16.0 Å². The zero-order chi connectivity index (χ0) is 32.6. The molecular weight excluding hydrogens is 594 g/mol. The van der Waals surface area contributed by atoms with Crippen LogP contribution in [0.3, 0.4) is 0 Å². The SMILES string of the molecule is COc1ccc(C(=O)c2csc(Cc3ccc(OC)cc3OC)c2NCC(=O)NCC2CCN(C(=O)OC(C)(C)C)CC2)cc1. The van der Waals surface area contributed by atoms with Gasteiger partial charge in [0.05, 0.1) is 39.1 Å². The molecule has 11 heteroatoms. The number of ketones is 1. The third kappa shape index (κ3) is 9.13. The second-order valence-electron chi connectivity index (χ2n) is 11.9. The van der Waals surface area contributed by atoms with Crippen molar-refractivity contribution in [2.24, 2.45) is 5.92 Å². The summed E-state index contributed by atoms with van der Waals surface area (Å²) < 4.78 is 21.7. The third-order valence-corrected chi connectivity index (χ3v) is 8.58. The van der Waals surface area contributed by atoms with Crippen LogP contribution >= 0.6 is 11.3 Å². The monoisotopic (exact) mass is 637 g/mol. The highest BCUT2D eigenvalue weighted by Gasteiger charge is 2.27. The summed E-state index contributed by atoms with van der Waals surface area (Å²) in [6, 6.07) is 12.6. The Balaban J connectivity index is 1.43. The van der Waals surface area contributed by atoms with Gasteiger partial charge >= 0.3 is 6.09 Å². The van der Waals surface area contributed by atoms with Gasteiger partial charge in [0, 0.05) is 47.9 Å². The first-order valence-electron chi connectivity index (χ1n) is 15.0. The van der Waals surface area contributed by atoms with Crippen molar-refractivity contribution in [3.8, 4) is 17.2 Å². The van der Waals surface area contributed by atoms with Gasteiger partial charge in [-0.2, -0.15) is 0 Å². The number of nitrogens with zero attached hydrogens (tertiary/aromatic N) is 1. The van der Waals surface area contributed by atoms with Crippen molar-refractivity contribution in [2.75, 3.05) is 52.8 Å². The maximum atomic E-state index is 13.6. The topological polar surface area (TPSA) is 115 Å². The van der Waals surface area contributed by atoms with Crippen LogP contribution in [0.15, 0.2) is 47.8 Å². The van der Waals surface area contributed by atoms with E-state index in [1.54, 1.807) is 50.5 Å². The van der Waals surface area contributed by atoms with E-state index in [-0.39, 0.29) is 30.2 Å². The van der Waals surface area contributed by atoms with Crippen molar-refractivity contribution in [3.05, 3.63) is 69.4 Å². The van der Waals surface area contributed by atoms with E-state index < -0.39 is 5.60 Å². The maximum absolute atomic E-state index is 13.6. The average molecular weight is 638 g/mol. The van der Waals surface area contributed by atoms with Crippen LogP contribution in [0.2, 0.25) is 0 Å². The van der Waals surface area contributed by atoms with Gasteiger partial charge in [0.15, 0.2) is 5.78 Å². The number of nitrogens with one attached hydrogen (secondary N) is 2. The van der Waals surface area contributed by atoms with Crippen molar-refractivity contribution < 1.29 is 33.3 Å². The predicted octanol–water partition coefficient (Wildman–Crippen LogP) is 5.77. The van der Waals surface area contributed by atoms with Gasteiger partial charge < -0.3 is 34.5 Å². The Morgan fingerprint density at radius 3 is 2.22 bits per heavy atom. The zero-order valence-electron chi connectivity index (χ0n) is 26.9. The van der Waals surface area contributed by atoms with Gasteiger partial charge in [0.2, 0.25) is 5.91 Å². The summed E-state index contributed by atoms with van der Waals surface area (Å²) in [5.74, 6) is 1.96. The summed E-state index contributed by atoms with van der Waals surface area (Å²) in [5, 5.41) is 8.12. The van der Waals surface area contributed by atoms with Crippen molar-refractivity contribution in [1.29, 1.82) is 0 Å². The first-order valence-corrected chi connectivity index (χ1v) is 15.9. The Hall–Kier alpha value is -4.25. The summed E-state index contributed by atoms with van der Waals surface area (Å²) in [6.07, 6.45) is 1.76. The lowest BCUT2D eigenvalue weighted by atomic mass is 9.97. The molecule has 2 aromatic carbocycles. The molecule has 1 saturated heterocycles. The maximum Gasteiger partial charge on any atom is 0.410 e. The van der Waals surface area contributed by atoms with Gasteiger partial charge in [-0.25, -0.2) is 4.79 Å². The molecule has 0 bridgehead atoms. The van der Waals surface area contributed by atoms with Gasteiger partial charge in [-0.3, -0.25) is 9.59 Å². The molecule has 0 saturated carbocycles. The van der Waals surface area contributed by atoms with Crippen LogP contribution in [0.4, 0.5) is 10.5 Å². The van der Waals surface area contributed by atoms with Crippen molar-refractivity contribution >= 4 is 34.8 Å². The lowest BCUT2D eigenvalue weighted by molar-refractivity contribution is -0.119. The molecule has 2 amide bonds. The summed E-state index contributed by atoms with van der Waals surface area (Å²) in [5.41, 5.74) is 2.03. The van der Waals surface area contributed by atoms with Gasteiger partial charge in [-0.05, 0) is 75.4 Å². The van der Waals surface area contributed by atoms with Crippen molar-refractivity contribution in [2.45, 2.75) is 45.6 Å². The van der Waals surface area contributed by atoms with Crippen LogP contribution in [0.1, 0.15) is 60.0 Å². The molecule has 0 radical (unpaired) electrons.